The SMILES string of the molecule is COC(=O)C1CC(NC(=O)C2ON=C(c3cccc(C)c3)O2)C1. The molecule has 1 atom stereocenters. The van der Waals surface area contributed by atoms with E-state index in [0.717, 1.165) is 11.1 Å². The highest BCUT2D eigenvalue weighted by Gasteiger charge is 2.39. The van der Waals surface area contributed by atoms with Crippen molar-refractivity contribution in [3.63, 3.8) is 0 Å². The van der Waals surface area contributed by atoms with Gasteiger partial charge in [0.05, 0.1) is 13.0 Å². The molecule has 0 saturated heterocycles. The van der Waals surface area contributed by atoms with Crippen LogP contribution < -0.4 is 5.32 Å². The van der Waals surface area contributed by atoms with Gasteiger partial charge in [-0.25, -0.2) is 0 Å². The average Bonchev–Trinajstić information content (AvgIpc) is 2.99. The topological polar surface area (TPSA) is 86.2 Å². The second-order valence-electron chi connectivity index (χ2n) is 5.72. The molecule has 1 aromatic rings. The Hall–Kier alpha value is -2.57. The van der Waals surface area contributed by atoms with Crippen LogP contribution in [0.25, 0.3) is 0 Å². The standard InChI is InChI=1S/C16H18N2O5/c1-9-4-3-5-10(6-9)14-18-23-16(22-14)13(19)17-12-7-11(8-12)15(20)21-2/h3-6,11-12,16H,7-8H2,1-2H3,(H,17,19). The Balaban J connectivity index is 1.49. The molecule has 7 heteroatoms. The fourth-order valence-electron chi connectivity index (χ4n) is 2.60. The summed E-state index contributed by atoms with van der Waals surface area (Å²) in [5, 5.41) is 6.60. The van der Waals surface area contributed by atoms with Gasteiger partial charge in [0.25, 0.3) is 5.90 Å². The summed E-state index contributed by atoms with van der Waals surface area (Å²) in [7, 11) is 1.36. The van der Waals surface area contributed by atoms with E-state index in [-0.39, 0.29) is 23.8 Å². The zero-order valence-electron chi connectivity index (χ0n) is 12.9. The lowest BCUT2D eigenvalue weighted by Gasteiger charge is -2.33. The van der Waals surface area contributed by atoms with Gasteiger partial charge in [0.2, 0.25) is 0 Å². The number of hydrogen-bond donors (Lipinski definition) is 1. The van der Waals surface area contributed by atoms with Gasteiger partial charge in [0.1, 0.15) is 0 Å². The molecule has 1 N–H and O–H groups in total. The highest BCUT2D eigenvalue weighted by molar-refractivity contribution is 5.96. The number of amides is 1. The molecule has 1 aromatic carbocycles. The van der Waals surface area contributed by atoms with Crippen LogP contribution >= 0.6 is 0 Å². The zero-order valence-corrected chi connectivity index (χ0v) is 12.9. The predicted octanol–water partition coefficient (Wildman–Crippen LogP) is 1.10. The third-order valence-corrected chi connectivity index (χ3v) is 3.95. The van der Waals surface area contributed by atoms with E-state index in [1.807, 2.05) is 31.2 Å². The first-order valence-electron chi connectivity index (χ1n) is 7.42. The molecule has 0 aromatic heterocycles. The Bertz CT molecular complexity index is 652. The lowest BCUT2D eigenvalue weighted by atomic mass is 9.80. The Kier molecular flexibility index (Phi) is 4.18. The van der Waals surface area contributed by atoms with Gasteiger partial charge in [-0.3, -0.25) is 9.59 Å². The molecule has 1 fully saturated rings. The Labute approximate surface area is 133 Å². The molecule has 122 valence electrons. The van der Waals surface area contributed by atoms with Gasteiger partial charge < -0.3 is 19.6 Å². The lowest BCUT2D eigenvalue weighted by Crippen LogP contribution is -2.50. The number of oxime groups is 1. The second kappa shape index (κ2) is 6.28. The van der Waals surface area contributed by atoms with E-state index in [1.54, 1.807) is 0 Å². The monoisotopic (exact) mass is 318 g/mol. The number of ether oxygens (including phenoxy) is 2. The van der Waals surface area contributed by atoms with Gasteiger partial charge in [-0.1, -0.05) is 17.7 Å². The largest absolute Gasteiger partial charge is 0.469 e. The molecule has 2 aliphatic rings. The van der Waals surface area contributed by atoms with Crippen molar-refractivity contribution < 1.29 is 23.9 Å². The van der Waals surface area contributed by atoms with Crippen LogP contribution in [-0.4, -0.2) is 37.2 Å². The van der Waals surface area contributed by atoms with Crippen molar-refractivity contribution in [3.05, 3.63) is 35.4 Å². The summed E-state index contributed by atoms with van der Waals surface area (Å²) >= 11 is 0. The Morgan fingerprint density at radius 1 is 1.35 bits per heavy atom. The van der Waals surface area contributed by atoms with E-state index in [4.69, 9.17) is 9.57 Å². The molecule has 1 saturated carbocycles. The van der Waals surface area contributed by atoms with Gasteiger partial charge in [-0.15, -0.1) is 0 Å². The van der Waals surface area contributed by atoms with Crippen molar-refractivity contribution in [1.29, 1.82) is 0 Å². The number of carbonyl (C=O) groups excluding carboxylic acids is 2. The normalized spacial score (nSPS) is 25.5. The molecule has 1 aliphatic heterocycles. The Morgan fingerprint density at radius 3 is 2.83 bits per heavy atom. The molecule has 1 unspecified atom stereocenters. The molecule has 1 heterocycles. The minimum absolute atomic E-state index is 0.0678. The summed E-state index contributed by atoms with van der Waals surface area (Å²) in [6, 6.07) is 7.50. The summed E-state index contributed by atoms with van der Waals surface area (Å²) in [6.45, 7) is 1.96. The average molecular weight is 318 g/mol. The summed E-state index contributed by atoms with van der Waals surface area (Å²) in [5.41, 5.74) is 1.82. The molecule has 0 radical (unpaired) electrons. The fourth-order valence-corrected chi connectivity index (χ4v) is 2.60. The van der Waals surface area contributed by atoms with Crippen molar-refractivity contribution >= 4 is 17.8 Å². The third-order valence-electron chi connectivity index (χ3n) is 3.95. The van der Waals surface area contributed by atoms with Crippen LogP contribution in [0.15, 0.2) is 29.4 Å². The number of methoxy groups -OCH3 is 1. The highest BCUT2D eigenvalue weighted by atomic mass is 16.8. The first-order chi connectivity index (χ1) is 11.1. The van der Waals surface area contributed by atoms with E-state index >= 15 is 0 Å². The number of carbonyl (C=O) groups is 2. The van der Waals surface area contributed by atoms with E-state index in [2.05, 4.69) is 15.2 Å². The summed E-state index contributed by atoms with van der Waals surface area (Å²) < 4.78 is 10.1. The number of nitrogens with one attached hydrogen (secondary N) is 1. The van der Waals surface area contributed by atoms with Gasteiger partial charge >= 0.3 is 18.2 Å². The molecular weight excluding hydrogens is 300 g/mol. The third kappa shape index (κ3) is 3.28. The molecule has 0 spiro atoms. The smallest absolute Gasteiger partial charge is 0.346 e. The maximum atomic E-state index is 12.1. The van der Waals surface area contributed by atoms with E-state index in [0.29, 0.717) is 12.8 Å². The summed E-state index contributed by atoms with van der Waals surface area (Å²) in [5.74, 6) is -0.497. The number of rotatable bonds is 4. The molecule has 3 rings (SSSR count). The summed E-state index contributed by atoms with van der Waals surface area (Å²) in [4.78, 5) is 28.4. The highest BCUT2D eigenvalue weighted by Crippen LogP contribution is 2.28. The van der Waals surface area contributed by atoms with Gasteiger partial charge in [-0.05, 0) is 37.1 Å². The molecule has 1 aliphatic carbocycles. The van der Waals surface area contributed by atoms with Crippen LogP contribution in [0, 0.1) is 12.8 Å². The maximum Gasteiger partial charge on any atom is 0.346 e. The van der Waals surface area contributed by atoms with Gasteiger partial charge in [-0.2, -0.15) is 0 Å². The minimum atomic E-state index is -1.09. The maximum absolute atomic E-state index is 12.1. The quantitative estimate of drug-likeness (QED) is 0.840. The van der Waals surface area contributed by atoms with Crippen LogP contribution in [0.4, 0.5) is 0 Å². The number of aryl methyl sites for hydroxylation is 1. The van der Waals surface area contributed by atoms with Crippen LogP contribution in [0.5, 0.6) is 0 Å². The molecule has 7 nitrogen and oxygen atoms in total. The van der Waals surface area contributed by atoms with E-state index in [1.165, 1.54) is 7.11 Å². The van der Waals surface area contributed by atoms with E-state index < -0.39 is 12.2 Å². The number of esters is 1. The second-order valence-corrected chi connectivity index (χ2v) is 5.72. The van der Waals surface area contributed by atoms with Gasteiger partial charge in [0, 0.05) is 11.6 Å². The first-order valence-corrected chi connectivity index (χ1v) is 7.42. The molecule has 23 heavy (non-hydrogen) atoms. The fraction of sp³-hybridized carbons (Fsp3) is 0.438. The van der Waals surface area contributed by atoms with Gasteiger partial charge in [0.15, 0.2) is 0 Å². The first kappa shape index (κ1) is 15.3. The van der Waals surface area contributed by atoms with Crippen LogP contribution in [0.2, 0.25) is 0 Å². The van der Waals surface area contributed by atoms with Crippen LogP contribution in [0.1, 0.15) is 24.0 Å². The zero-order chi connectivity index (χ0) is 16.4. The van der Waals surface area contributed by atoms with E-state index in [9.17, 15) is 9.59 Å². The molecular formula is C16H18N2O5. The number of nitrogens with zero attached hydrogens (tertiary/aromatic N) is 1. The predicted molar refractivity (Wildman–Crippen MR) is 80.3 cm³/mol. The van der Waals surface area contributed by atoms with Crippen LogP contribution in [-0.2, 0) is 23.9 Å². The van der Waals surface area contributed by atoms with Crippen molar-refractivity contribution in [1.82, 2.24) is 5.32 Å². The molecule has 1 amide bonds. The lowest BCUT2D eigenvalue weighted by molar-refractivity contribution is -0.154. The van der Waals surface area contributed by atoms with Crippen molar-refractivity contribution in [3.8, 4) is 0 Å². The van der Waals surface area contributed by atoms with Crippen molar-refractivity contribution in [2.24, 2.45) is 11.1 Å². The van der Waals surface area contributed by atoms with Crippen molar-refractivity contribution in [2.45, 2.75) is 32.1 Å². The minimum Gasteiger partial charge on any atom is -0.469 e. The summed E-state index contributed by atoms with van der Waals surface area (Å²) in [6.07, 6.45) is 0.0377. The number of hydrogen-bond acceptors (Lipinski definition) is 6. The molecule has 0 bridgehead atoms. The Morgan fingerprint density at radius 2 is 2.13 bits per heavy atom. The number of benzene rings is 1. The van der Waals surface area contributed by atoms with Crippen LogP contribution in [0.3, 0.4) is 0 Å². The van der Waals surface area contributed by atoms with Crippen molar-refractivity contribution in [2.75, 3.05) is 7.11 Å².